The molecular formula is C19H16F3N5O2. The molecule has 2 amide bonds. The Morgan fingerprint density at radius 2 is 1.90 bits per heavy atom. The number of pyridine rings is 3. The van der Waals surface area contributed by atoms with Gasteiger partial charge in [0.25, 0.3) is 0 Å². The number of anilines is 1. The molecule has 3 aromatic heterocycles. The highest BCUT2D eigenvalue weighted by Gasteiger charge is 2.35. The molecule has 0 bridgehead atoms. The normalized spacial score (nSPS) is 11.2. The van der Waals surface area contributed by atoms with Crippen molar-refractivity contribution in [3.63, 3.8) is 0 Å². The SMILES string of the molecule is CNC(=O)Nc1cc(-c2cc(-c3cccnc3C(F)(F)F)[nH]c(=O)c2)c(C)cn1. The van der Waals surface area contributed by atoms with Crippen LogP contribution in [-0.4, -0.2) is 28.0 Å². The van der Waals surface area contributed by atoms with E-state index in [1.165, 1.54) is 43.6 Å². The maximum Gasteiger partial charge on any atom is 0.434 e. The van der Waals surface area contributed by atoms with Crippen molar-refractivity contribution in [2.24, 2.45) is 0 Å². The summed E-state index contributed by atoms with van der Waals surface area (Å²) in [5.41, 5.74) is -0.352. The predicted octanol–water partition coefficient (Wildman–Crippen LogP) is 3.58. The lowest BCUT2D eigenvalue weighted by Gasteiger charge is -2.13. The Morgan fingerprint density at radius 1 is 1.14 bits per heavy atom. The summed E-state index contributed by atoms with van der Waals surface area (Å²) in [5.74, 6) is 0.226. The van der Waals surface area contributed by atoms with E-state index < -0.39 is 23.5 Å². The predicted molar refractivity (Wildman–Crippen MR) is 101 cm³/mol. The summed E-state index contributed by atoms with van der Waals surface area (Å²) in [6, 6.07) is 6.35. The van der Waals surface area contributed by atoms with Crippen LogP contribution in [0.2, 0.25) is 0 Å². The molecule has 0 atom stereocenters. The number of amides is 2. The molecule has 3 aromatic rings. The van der Waals surface area contributed by atoms with E-state index >= 15 is 0 Å². The number of nitrogens with zero attached hydrogens (tertiary/aromatic N) is 2. The van der Waals surface area contributed by atoms with Crippen molar-refractivity contribution in [2.75, 3.05) is 12.4 Å². The minimum absolute atomic E-state index is 0.0232. The van der Waals surface area contributed by atoms with Crippen LogP contribution in [0.15, 0.2) is 47.5 Å². The van der Waals surface area contributed by atoms with Crippen LogP contribution in [-0.2, 0) is 6.18 Å². The van der Waals surface area contributed by atoms with Gasteiger partial charge in [-0.3, -0.25) is 15.1 Å². The maximum atomic E-state index is 13.3. The largest absolute Gasteiger partial charge is 0.434 e. The van der Waals surface area contributed by atoms with Gasteiger partial charge in [-0.15, -0.1) is 0 Å². The van der Waals surface area contributed by atoms with Gasteiger partial charge in [-0.05, 0) is 47.9 Å². The zero-order valence-electron chi connectivity index (χ0n) is 15.4. The minimum atomic E-state index is -4.68. The number of H-pyrrole nitrogens is 1. The second kappa shape index (κ2) is 7.74. The van der Waals surface area contributed by atoms with Crippen LogP contribution in [0.4, 0.5) is 23.8 Å². The number of halogens is 3. The zero-order valence-corrected chi connectivity index (χ0v) is 15.4. The van der Waals surface area contributed by atoms with Crippen molar-refractivity contribution in [3.05, 3.63) is 64.3 Å². The highest BCUT2D eigenvalue weighted by Crippen LogP contribution is 2.35. The standard InChI is InChI=1S/C19H16F3N5O2/c1-10-9-25-15(27-18(29)23-2)8-13(10)11-6-14(26-16(28)7-11)12-4-3-5-24-17(12)19(20,21)22/h3-9H,1-2H3,(H,26,28)(H2,23,25,27,29). The fourth-order valence-electron chi connectivity index (χ4n) is 2.77. The van der Waals surface area contributed by atoms with Gasteiger partial charge >= 0.3 is 12.2 Å². The second-order valence-corrected chi connectivity index (χ2v) is 6.13. The average Bonchev–Trinajstić information content (AvgIpc) is 2.68. The quantitative estimate of drug-likeness (QED) is 0.622. The molecule has 150 valence electrons. The number of carbonyl (C=O) groups is 1. The van der Waals surface area contributed by atoms with Crippen LogP contribution in [0.25, 0.3) is 22.4 Å². The van der Waals surface area contributed by atoms with E-state index in [0.717, 1.165) is 6.20 Å². The Labute approximate surface area is 163 Å². The number of alkyl halides is 3. The Hall–Kier alpha value is -3.69. The van der Waals surface area contributed by atoms with E-state index in [-0.39, 0.29) is 17.1 Å². The number of aromatic amines is 1. The monoisotopic (exact) mass is 403 g/mol. The summed E-state index contributed by atoms with van der Waals surface area (Å²) < 4.78 is 40.0. The van der Waals surface area contributed by atoms with Crippen molar-refractivity contribution < 1.29 is 18.0 Å². The lowest BCUT2D eigenvalue weighted by Crippen LogP contribution is -2.25. The molecule has 0 saturated heterocycles. The van der Waals surface area contributed by atoms with Gasteiger partial charge in [-0.1, -0.05) is 0 Å². The summed E-state index contributed by atoms with van der Waals surface area (Å²) >= 11 is 0. The van der Waals surface area contributed by atoms with Gasteiger partial charge in [0.2, 0.25) is 5.56 Å². The fourth-order valence-corrected chi connectivity index (χ4v) is 2.77. The van der Waals surface area contributed by atoms with Crippen molar-refractivity contribution in [1.82, 2.24) is 20.3 Å². The third kappa shape index (κ3) is 4.42. The van der Waals surface area contributed by atoms with Crippen LogP contribution in [0.1, 0.15) is 11.3 Å². The number of aromatic nitrogens is 3. The van der Waals surface area contributed by atoms with Gasteiger partial charge in [0.05, 0.1) is 5.69 Å². The molecule has 3 heterocycles. The van der Waals surface area contributed by atoms with Crippen molar-refractivity contribution in [1.29, 1.82) is 0 Å². The van der Waals surface area contributed by atoms with Gasteiger partial charge in [0.1, 0.15) is 5.82 Å². The Balaban J connectivity index is 2.14. The molecule has 0 aliphatic carbocycles. The first kappa shape index (κ1) is 20.1. The van der Waals surface area contributed by atoms with Gasteiger partial charge in [-0.25, -0.2) is 9.78 Å². The summed E-state index contributed by atoms with van der Waals surface area (Å²) in [6.07, 6.45) is -2.15. The van der Waals surface area contributed by atoms with E-state index in [1.54, 1.807) is 6.92 Å². The smallest absolute Gasteiger partial charge is 0.341 e. The molecular weight excluding hydrogens is 387 g/mol. The number of nitrogens with one attached hydrogen (secondary N) is 3. The molecule has 3 N–H and O–H groups in total. The van der Waals surface area contributed by atoms with E-state index in [2.05, 4.69) is 25.6 Å². The summed E-state index contributed by atoms with van der Waals surface area (Å²) in [7, 11) is 1.44. The molecule has 0 aromatic carbocycles. The first-order valence-electron chi connectivity index (χ1n) is 8.41. The molecule has 0 aliphatic heterocycles. The molecule has 0 radical (unpaired) electrons. The first-order chi connectivity index (χ1) is 13.7. The molecule has 0 fully saturated rings. The zero-order chi connectivity index (χ0) is 21.2. The van der Waals surface area contributed by atoms with Crippen molar-refractivity contribution >= 4 is 11.8 Å². The average molecular weight is 403 g/mol. The van der Waals surface area contributed by atoms with Crippen molar-refractivity contribution in [3.8, 4) is 22.4 Å². The third-order valence-corrected chi connectivity index (χ3v) is 4.09. The van der Waals surface area contributed by atoms with Crippen molar-refractivity contribution in [2.45, 2.75) is 13.1 Å². The number of hydrogen-bond acceptors (Lipinski definition) is 4. The number of urea groups is 1. The fraction of sp³-hybridized carbons (Fsp3) is 0.158. The molecule has 10 heteroatoms. The Kier molecular flexibility index (Phi) is 5.35. The van der Waals surface area contributed by atoms with Crippen LogP contribution < -0.4 is 16.2 Å². The lowest BCUT2D eigenvalue weighted by molar-refractivity contribution is -0.140. The first-order valence-corrected chi connectivity index (χ1v) is 8.41. The molecule has 29 heavy (non-hydrogen) atoms. The number of aryl methyl sites for hydroxylation is 1. The van der Waals surface area contributed by atoms with Gasteiger partial charge in [0.15, 0.2) is 5.69 Å². The highest BCUT2D eigenvalue weighted by atomic mass is 19.4. The van der Waals surface area contributed by atoms with E-state index in [4.69, 9.17) is 0 Å². The molecule has 0 unspecified atom stereocenters. The van der Waals surface area contributed by atoms with E-state index in [0.29, 0.717) is 16.7 Å². The third-order valence-electron chi connectivity index (χ3n) is 4.09. The van der Waals surface area contributed by atoms with Crippen LogP contribution >= 0.6 is 0 Å². The van der Waals surface area contributed by atoms with Gasteiger partial charge in [-0.2, -0.15) is 13.2 Å². The molecule has 7 nitrogen and oxygen atoms in total. The molecule has 0 saturated carbocycles. The molecule has 3 rings (SSSR count). The second-order valence-electron chi connectivity index (χ2n) is 6.13. The van der Waals surface area contributed by atoms with Crippen LogP contribution in [0, 0.1) is 6.92 Å². The number of carbonyl (C=O) groups excluding carboxylic acids is 1. The summed E-state index contributed by atoms with van der Waals surface area (Å²) in [4.78, 5) is 33.6. The Morgan fingerprint density at radius 3 is 2.59 bits per heavy atom. The lowest BCUT2D eigenvalue weighted by atomic mass is 10.00. The minimum Gasteiger partial charge on any atom is -0.341 e. The van der Waals surface area contributed by atoms with Gasteiger partial charge < -0.3 is 10.3 Å². The summed E-state index contributed by atoms with van der Waals surface area (Å²) in [5, 5.41) is 4.90. The van der Waals surface area contributed by atoms with Gasteiger partial charge in [0, 0.05) is 31.1 Å². The topological polar surface area (TPSA) is 99.8 Å². The van der Waals surface area contributed by atoms with Crippen LogP contribution in [0.5, 0.6) is 0 Å². The molecule has 0 spiro atoms. The molecule has 0 aliphatic rings. The van der Waals surface area contributed by atoms with E-state index in [9.17, 15) is 22.8 Å². The van der Waals surface area contributed by atoms with E-state index in [1.807, 2.05) is 0 Å². The Bertz CT molecular complexity index is 1130. The number of rotatable bonds is 3. The highest BCUT2D eigenvalue weighted by molar-refractivity contribution is 5.89. The van der Waals surface area contributed by atoms with Crippen LogP contribution in [0.3, 0.4) is 0 Å². The maximum absolute atomic E-state index is 13.3. The number of hydrogen-bond donors (Lipinski definition) is 3. The summed E-state index contributed by atoms with van der Waals surface area (Å²) in [6.45, 7) is 1.73.